The summed E-state index contributed by atoms with van der Waals surface area (Å²) in [6.45, 7) is 0.336. The molecule has 3 nitrogen and oxygen atoms in total. The lowest BCUT2D eigenvalue weighted by molar-refractivity contribution is -0.564. The predicted octanol–water partition coefficient (Wildman–Crippen LogP) is 4.56. The third kappa shape index (κ3) is 2.54. The highest BCUT2D eigenvalue weighted by molar-refractivity contribution is 5.25. The van der Waals surface area contributed by atoms with Crippen LogP contribution in [0.15, 0.2) is 0 Å². The zero-order chi connectivity index (χ0) is 22.0. The fourth-order valence-electron chi connectivity index (χ4n) is 4.14. The maximum absolute atomic E-state index is 15.0. The Labute approximate surface area is 152 Å². The van der Waals surface area contributed by atoms with E-state index in [-0.39, 0.29) is 12.8 Å². The summed E-state index contributed by atoms with van der Waals surface area (Å²) in [7, 11) is 0. The van der Waals surface area contributed by atoms with Crippen LogP contribution in [0.4, 0.5) is 43.9 Å². The van der Waals surface area contributed by atoms with E-state index in [4.69, 9.17) is 0 Å². The van der Waals surface area contributed by atoms with E-state index in [1.54, 1.807) is 0 Å². The Kier molecular flexibility index (Phi) is 5.31. The van der Waals surface area contributed by atoms with Gasteiger partial charge in [0.25, 0.3) is 0 Å². The van der Waals surface area contributed by atoms with E-state index in [0.717, 1.165) is 0 Å². The van der Waals surface area contributed by atoms with Crippen molar-refractivity contribution in [1.29, 1.82) is 0 Å². The van der Waals surface area contributed by atoms with Gasteiger partial charge in [-0.05, 0) is 19.3 Å². The standard InChI is InChI=1S/C15H18F10O3/c1-2-9(14(20,21)22)11(16,17)10(26,8-6-4-3-5-7-8)12(18,19)13(27,28-9)15(23,24)25/h8,26-27H,2-7H2,1H3. The average molecular weight is 436 g/mol. The molecule has 0 amide bonds. The van der Waals surface area contributed by atoms with Gasteiger partial charge in [-0.15, -0.1) is 0 Å². The van der Waals surface area contributed by atoms with Gasteiger partial charge >= 0.3 is 30.0 Å². The lowest BCUT2D eigenvalue weighted by Gasteiger charge is -2.61. The Hall–Kier alpha value is -0.820. The summed E-state index contributed by atoms with van der Waals surface area (Å²) < 4.78 is 143. The van der Waals surface area contributed by atoms with Gasteiger partial charge in [0.15, 0.2) is 0 Å². The quantitative estimate of drug-likeness (QED) is 0.625. The molecule has 2 aliphatic rings. The van der Waals surface area contributed by atoms with Crippen LogP contribution in [-0.4, -0.2) is 51.4 Å². The molecule has 1 heterocycles. The Bertz CT molecular complexity index is 598. The van der Waals surface area contributed by atoms with Crippen molar-refractivity contribution in [1.82, 2.24) is 0 Å². The molecule has 0 aromatic rings. The second-order valence-electron chi connectivity index (χ2n) is 7.17. The Morgan fingerprint density at radius 1 is 0.821 bits per heavy atom. The molecule has 13 heteroatoms. The third-order valence-electron chi connectivity index (χ3n) is 5.75. The zero-order valence-corrected chi connectivity index (χ0v) is 14.4. The first-order chi connectivity index (χ1) is 12.4. The highest BCUT2D eigenvalue weighted by Gasteiger charge is 2.95. The largest absolute Gasteiger partial charge is 0.449 e. The predicted molar refractivity (Wildman–Crippen MR) is 72.6 cm³/mol. The highest BCUT2D eigenvalue weighted by atomic mass is 19.4. The summed E-state index contributed by atoms with van der Waals surface area (Å²) in [5.41, 5.74) is -10.4. The molecule has 1 aliphatic heterocycles. The van der Waals surface area contributed by atoms with Crippen LogP contribution in [0.25, 0.3) is 0 Å². The molecule has 1 aliphatic carbocycles. The van der Waals surface area contributed by atoms with Crippen LogP contribution in [0.3, 0.4) is 0 Å². The van der Waals surface area contributed by atoms with Gasteiger partial charge in [-0.2, -0.15) is 43.9 Å². The van der Waals surface area contributed by atoms with Crippen LogP contribution in [-0.2, 0) is 4.74 Å². The van der Waals surface area contributed by atoms with Crippen molar-refractivity contribution >= 4 is 0 Å². The van der Waals surface area contributed by atoms with Gasteiger partial charge in [-0.3, -0.25) is 0 Å². The van der Waals surface area contributed by atoms with Crippen molar-refractivity contribution in [2.45, 2.75) is 86.6 Å². The molecule has 2 N–H and O–H groups in total. The van der Waals surface area contributed by atoms with E-state index in [9.17, 15) is 45.3 Å². The normalized spacial score (nSPS) is 39.8. The summed E-state index contributed by atoms with van der Waals surface area (Å²) in [4.78, 5) is 0. The lowest BCUT2D eigenvalue weighted by Crippen LogP contribution is -2.88. The van der Waals surface area contributed by atoms with Crippen LogP contribution in [0.2, 0.25) is 0 Å². The van der Waals surface area contributed by atoms with Crippen molar-refractivity contribution in [3.63, 3.8) is 0 Å². The fourth-order valence-corrected chi connectivity index (χ4v) is 4.14. The second-order valence-corrected chi connectivity index (χ2v) is 7.17. The van der Waals surface area contributed by atoms with Crippen molar-refractivity contribution in [3.05, 3.63) is 0 Å². The van der Waals surface area contributed by atoms with E-state index in [1.807, 2.05) is 0 Å². The molecule has 2 rings (SSSR count). The zero-order valence-electron chi connectivity index (χ0n) is 14.4. The van der Waals surface area contributed by atoms with Gasteiger partial charge in [0.05, 0.1) is 0 Å². The van der Waals surface area contributed by atoms with E-state index in [2.05, 4.69) is 4.74 Å². The first-order valence-electron chi connectivity index (χ1n) is 8.41. The molecule has 0 radical (unpaired) electrons. The Balaban J connectivity index is 2.90. The van der Waals surface area contributed by atoms with Gasteiger partial charge in [-0.1, -0.05) is 26.2 Å². The summed E-state index contributed by atoms with van der Waals surface area (Å²) >= 11 is 0. The van der Waals surface area contributed by atoms with E-state index in [1.165, 1.54) is 0 Å². The average Bonchev–Trinajstić information content (AvgIpc) is 2.55. The minimum absolute atomic E-state index is 0.0738. The Morgan fingerprint density at radius 2 is 1.29 bits per heavy atom. The minimum atomic E-state index is -6.62. The minimum Gasteiger partial charge on any atom is -0.378 e. The van der Waals surface area contributed by atoms with Gasteiger partial charge in [0, 0.05) is 5.92 Å². The van der Waals surface area contributed by atoms with Crippen LogP contribution in [0.1, 0.15) is 45.4 Å². The molecule has 2 fully saturated rings. The van der Waals surface area contributed by atoms with Gasteiger partial charge in [0.2, 0.25) is 11.2 Å². The second kappa shape index (κ2) is 6.34. The first-order valence-corrected chi connectivity index (χ1v) is 8.41. The molecule has 3 unspecified atom stereocenters. The van der Waals surface area contributed by atoms with Crippen LogP contribution in [0, 0.1) is 5.92 Å². The molecular formula is C15H18F10O3. The van der Waals surface area contributed by atoms with Crippen molar-refractivity contribution in [2.24, 2.45) is 5.92 Å². The van der Waals surface area contributed by atoms with Gasteiger partial charge < -0.3 is 14.9 Å². The number of alkyl halides is 10. The van der Waals surface area contributed by atoms with Gasteiger partial charge in [0.1, 0.15) is 0 Å². The number of hydrogen-bond acceptors (Lipinski definition) is 3. The fraction of sp³-hybridized carbons (Fsp3) is 1.00. The number of rotatable bonds is 2. The number of aliphatic hydroxyl groups is 2. The summed E-state index contributed by atoms with van der Waals surface area (Å²) in [5, 5.41) is 19.9. The van der Waals surface area contributed by atoms with E-state index in [0.29, 0.717) is 13.3 Å². The lowest BCUT2D eigenvalue weighted by atomic mass is 9.61. The number of ether oxygens (including phenoxy) is 1. The van der Waals surface area contributed by atoms with Crippen LogP contribution >= 0.6 is 0 Å². The molecular weight excluding hydrogens is 418 g/mol. The summed E-state index contributed by atoms with van der Waals surface area (Å²) in [6.07, 6.45) is -16.1. The van der Waals surface area contributed by atoms with E-state index < -0.39 is 66.4 Å². The molecule has 3 atom stereocenters. The maximum Gasteiger partial charge on any atom is 0.449 e. The molecule has 166 valence electrons. The molecule has 0 spiro atoms. The highest BCUT2D eigenvalue weighted by Crippen LogP contribution is 2.68. The SMILES string of the molecule is CCC1(C(F)(F)F)OC(O)(C(F)(F)F)C(F)(F)C(O)(C2CCCCC2)C1(F)F. The topological polar surface area (TPSA) is 49.7 Å². The smallest absolute Gasteiger partial charge is 0.378 e. The molecule has 1 saturated carbocycles. The van der Waals surface area contributed by atoms with Crippen LogP contribution in [0.5, 0.6) is 0 Å². The van der Waals surface area contributed by atoms with Crippen molar-refractivity contribution < 1.29 is 58.9 Å². The summed E-state index contributed by atoms with van der Waals surface area (Å²) in [5.74, 6) is -20.4. The van der Waals surface area contributed by atoms with E-state index >= 15 is 8.78 Å². The van der Waals surface area contributed by atoms with Crippen molar-refractivity contribution in [2.75, 3.05) is 0 Å². The molecule has 0 aromatic carbocycles. The van der Waals surface area contributed by atoms with Crippen molar-refractivity contribution in [3.8, 4) is 0 Å². The first kappa shape index (κ1) is 23.5. The number of hydrogen-bond donors (Lipinski definition) is 2. The monoisotopic (exact) mass is 436 g/mol. The van der Waals surface area contributed by atoms with Gasteiger partial charge in [-0.25, -0.2) is 0 Å². The molecule has 1 saturated heterocycles. The maximum atomic E-state index is 15.0. The number of halogens is 10. The molecule has 28 heavy (non-hydrogen) atoms. The molecule has 0 aromatic heterocycles. The summed E-state index contributed by atoms with van der Waals surface area (Å²) in [6, 6.07) is 0. The van der Waals surface area contributed by atoms with Crippen LogP contribution < -0.4 is 0 Å². The third-order valence-corrected chi connectivity index (χ3v) is 5.75. The molecule has 0 bridgehead atoms. The Morgan fingerprint density at radius 3 is 1.64 bits per heavy atom.